The number of halogens is 1. The van der Waals surface area contributed by atoms with Crippen molar-refractivity contribution in [3.05, 3.63) is 0 Å². The van der Waals surface area contributed by atoms with Gasteiger partial charge in [-0.25, -0.2) is 4.39 Å². The minimum Gasteiger partial charge on any atom is -0.460 e. The molecule has 1 saturated heterocycles. The van der Waals surface area contributed by atoms with Crippen LogP contribution in [-0.2, 0) is 14.3 Å². The van der Waals surface area contributed by atoms with E-state index in [1.54, 1.807) is 20.8 Å². The van der Waals surface area contributed by atoms with E-state index in [0.29, 0.717) is 6.42 Å². The lowest BCUT2D eigenvalue weighted by molar-refractivity contribution is -0.156. The van der Waals surface area contributed by atoms with Crippen molar-refractivity contribution in [3.63, 3.8) is 0 Å². The van der Waals surface area contributed by atoms with E-state index < -0.39 is 30.4 Å². The predicted molar refractivity (Wildman–Crippen MR) is 80.0 cm³/mol. The van der Waals surface area contributed by atoms with Gasteiger partial charge in [0.1, 0.15) is 18.4 Å². The van der Waals surface area contributed by atoms with Crippen molar-refractivity contribution in [1.82, 2.24) is 10.6 Å². The molecule has 1 fully saturated rings. The van der Waals surface area contributed by atoms with Crippen molar-refractivity contribution in [2.45, 2.75) is 70.2 Å². The molecule has 1 rings (SSSR count). The SMILES string of the molecule is CC(C)(C)OC(=O)CC(NC(=O)C1CCCCN1)C(O)CF. The van der Waals surface area contributed by atoms with E-state index in [0.717, 1.165) is 19.4 Å². The molecule has 0 spiro atoms. The minimum atomic E-state index is -1.43. The van der Waals surface area contributed by atoms with Crippen molar-refractivity contribution in [3.8, 4) is 0 Å². The summed E-state index contributed by atoms with van der Waals surface area (Å²) in [6.45, 7) is 4.87. The molecule has 0 aliphatic carbocycles. The Kier molecular flexibility index (Phi) is 7.22. The monoisotopic (exact) mass is 318 g/mol. The molecule has 7 heteroatoms. The van der Waals surface area contributed by atoms with Crippen molar-refractivity contribution in [1.29, 1.82) is 0 Å². The number of nitrogens with one attached hydrogen (secondary N) is 2. The van der Waals surface area contributed by atoms with Crippen molar-refractivity contribution in [2.24, 2.45) is 0 Å². The number of esters is 1. The number of rotatable bonds is 6. The molecule has 1 aliphatic heterocycles. The first-order valence-electron chi connectivity index (χ1n) is 7.72. The fraction of sp³-hybridized carbons (Fsp3) is 0.867. The molecule has 0 radical (unpaired) electrons. The lowest BCUT2D eigenvalue weighted by atomic mass is 10.0. The Bertz CT molecular complexity index is 378. The molecule has 3 unspecified atom stereocenters. The van der Waals surface area contributed by atoms with E-state index in [-0.39, 0.29) is 18.4 Å². The van der Waals surface area contributed by atoms with Gasteiger partial charge >= 0.3 is 5.97 Å². The van der Waals surface area contributed by atoms with E-state index in [1.165, 1.54) is 0 Å². The summed E-state index contributed by atoms with van der Waals surface area (Å²) in [4.78, 5) is 24.0. The summed E-state index contributed by atoms with van der Waals surface area (Å²) in [6.07, 6.45) is 0.948. The van der Waals surface area contributed by atoms with Crippen molar-refractivity contribution >= 4 is 11.9 Å². The molecule has 0 aromatic rings. The van der Waals surface area contributed by atoms with E-state index >= 15 is 0 Å². The van der Waals surface area contributed by atoms with Crippen LogP contribution >= 0.6 is 0 Å². The Labute approximate surface area is 130 Å². The number of hydrogen-bond acceptors (Lipinski definition) is 5. The number of aliphatic hydroxyl groups is 1. The number of aliphatic hydroxyl groups excluding tert-OH is 1. The van der Waals surface area contributed by atoms with E-state index in [9.17, 15) is 19.1 Å². The second-order valence-corrected chi connectivity index (χ2v) is 6.63. The van der Waals surface area contributed by atoms with Crippen LogP contribution in [0, 0.1) is 0 Å². The fourth-order valence-corrected chi connectivity index (χ4v) is 2.31. The molecule has 3 atom stereocenters. The molecule has 128 valence electrons. The molecule has 22 heavy (non-hydrogen) atoms. The normalized spacial score (nSPS) is 21.8. The Morgan fingerprint density at radius 1 is 1.41 bits per heavy atom. The van der Waals surface area contributed by atoms with Crippen LogP contribution in [0.15, 0.2) is 0 Å². The molecular formula is C15H27FN2O4. The van der Waals surface area contributed by atoms with Crippen molar-refractivity contribution in [2.75, 3.05) is 13.2 Å². The molecule has 0 bridgehead atoms. The molecule has 6 nitrogen and oxygen atoms in total. The van der Waals surface area contributed by atoms with Crippen LogP contribution in [0.3, 0.4) is 0 Å². The van der Waals surface area contributed by atoms with Gasteiger partial charge in [-0.15, -0.1) is 0 Å². The number of carbonyl (C=O) groups excluding carboxylic acids is 2. The zero-order chi connectivity index (χ0) is 16.8. The Balaban J connectivity index is 2.60. The number of piperidine rings is 1. The Morgan fingerprint density at radius 3 is 2.59 bits per heavy atom. The highest BCUT2D eigenvalue weighted by Gasteiger charge is 2.29. The van der Waals surface area contributed by atoms with Gasteiger partial charge < -0.3 is 20.5 Å². The number of hydrogen-bond donors (Lipinski definition) is 3. The van der Waals surface area contributed by atoms with Crippen LogP contribution in [0.1, 0.15) is 46.5 Å². The smallest absolute Gasteiger partial charge is 0.308 e. The summed E-state index contributed by atoms with van der Waals surface area (Å²) < 4.78 is 17.9. The number of carbonyl (C=O) groups is 2. The third-order valence-electron chi connectivity index (χ3n) is 3.38. The van der Waals surface area contributed by atoms with Crippen LogP contribution in [0.2, 0.25) is 0 Å². The average Bonchev–Trinajstić information content (AvgIpc) is 2.44. The summed E-state index contributed by atoms with van der Waals surface area (Å²) in [5.74, 6) is -0.900. The summed E-state index contributed by atoms with van der Waals surface area (Å²) in [7, 11) is 0. The summed E-state index contributed by atoms with van der Waals surface area (Å²) in [6, 6.07) is -1.35. The van der Waals surface area contributed by atoms with Gasteiger partial charge in [0.2, 0.25) is 5.91 Å². The number of alkyl halides is 1. The largest absolute Gasteiger partial charge is 0.460 e. The standard InChI is InChI=1S/C15H27FN2O4/c1-15(2,3)22-13(20)8-11(12(19)9-16)18-14(21)10-6-4-5-7-17-10/h10-12,17,19H,4-9H2,1-3H3,(H,18,21). The Hall–Kier alpha value is -1.21. The van der Waals surface area contributed by atoms with E-state index in [4.69, 9.17) is 4.74 Å². The molecule has 1 amide bonds. The maximum Gasteiger partial charge on any atom is 0.308 e. The lowest BCUT2D eigenvalue weighted by Crippen LogP contribution is -2.53. The van der Waals surface area contributed by atoms with Crippen LogP contribution in [0.5, 0.6) is 0 Å². The van der Waals surface area contributed by atoms with Gasteiger partial charge in [0, 0.05) is 0 Å². The van der Waals surface area contributed by atoms with Crippen molar-refractivity contribution < 1.29 is 23.8 Å². The quantitative estimate of drug-likeness (QED) is 0.627. The summed E-state index contributed by atoms with van der Waals surface area (Å²) >= 11 is 0. The first-order valence-corrected chi connectivity index (χ1v) is 7.72. The second-order valence-electron chi connectivity index (χ2n) is 6.63. The maximum atomic E-state index is 12.7. The van der Waals surface area contributed by atoms with E-state index in [1.807, 2.05) is 0 Å². The highest BCUT2D eigenvalue weighted by molar-refractivity contribution is 5.83. The van der Waals surface area contributed by atoms with Crippen LogP contribution in [0.4, 0.5) is 4.39 Å². The van der Waals surface area contributed by atoms with Gasteiger partial charge in [-0.3, -0.25) is 9.59 Å². The average molecular weight is 318 g/mol. The van der Waals surface area contributed by atoms with Gasteiger partial charge in [-0.05, 0) is 40.2 Å². The van der Waals surface area contributed by atoms with Gasteiger partial charge in [0.25, 0.3) is 0 Å². The first kappa shape index (κ1) is 18.8. The lowest BCUT2D eigenvalue weighted by Gasteiger charge is -2.28. The van der Waals surface area contributed by atoms with Gasteiger partial charge in [-0.1, -0.05) is 6.42 Å². The minimum absolute atomic E-state index is 0.263. The summed E-state index contributed by atoms with van der Waals surface area (Å²) in [5, 5.41) is 15.3. The second kappa shape index (κ2) is 8.43. The highest BCUT2D eigenvalue weighted by atomic mass is 19.1. The van der Waals surface area contributed by atoms with Crippen LogP contribution in [-0.4, -0.2) is 54.0 Å². The topological polar surface area (TPSA) is 87.7 Å². The van der Waals surface area contributed by atoms with Crippen LogP contribution in [0.25, 0.3) is 0 Å². The zero-order valence-corrected chi connectivity index (χ0v) is 13.5. The predicted octanol–water partition coefficient (Wildman–Crippen LogP) is 0.675. The summed E-state index contributed by atoms with van der Waals surface area (Å²) in [5.41, 5.74) is -0.669. The zero-order valence-electron chi connectivity index (χ0n) is 13.5. The molecule has 1 aliphatic rings. The molecule has 0 aromatic heterocycles. The van der Waals surface area contributed by atoms with Crippen LogP contribution < -0.4 is 10.6 Å². The number of ether oxygens (including phenoxy) is 1. The third-order valence-corrected chi connectivity index (χ3v) is 3.38. The van der Waals surface area contributed by atoms with Gasteiger partial charge in [0.15, 0.2) is 0 Å². The first-order chi connectivity index (χ1) is 10.2. The third kappa shape index (κ3) is 6.70. The number of amides is 1. The van der Waals surface area contributed by atoms with E-state index in [2.05, 4.69) is 10.6 Å². The van der Waals surface area contributed by atoms with Gasteiger partial charge in [0.05, 0.1) is 18.5 Å². The maximum absolute atomic E-state index is 12.7. The molecule has 1 heterocycles. The Morgan fingerprint density at radius 2 is 2.09 bits per heavy atom. The van der Waals surface area contributed by atoms with Gasteiger partial charge in [-0.2, -0.15) is 0 Å². The highest BCUT2D eigenvalue weighted by Crippen LogP contribution is 2.12. The fourth-order valence-electron chi connectivity index (χ4n) is 2.31. The molecule has 3 N–H and O–H groups in total. The molecule has 0 aromatic carbocycles. The molecular weight excluding hydrogens is 291 g/mol. The molecule has 0 saturated carbocycles.